The van der Waals surface area contributed by atoms with Gasteiger partial charge in [0.25, 0.3) is 0 Å². The van der Waals surface area contributed by atoms with E-state index in [0.717, 1.165) is 11.1 Å². The maximum atomic E-state index is 14.6. The Morgan fingerprint density at radius 1 is 1.03 bits per heavy atom. The number of carbonyl (C=O) groups is 2. The largest absolute Gasteiger partial charge is 0.478 e. The maximum Gasteiger partial charge on any atom is 0.335 e. The average molecular weight is 422 g/mol. The minimum absolute atomic E-state index is 0.114. The summed E-state index contributed by atoms with van der Waals surface area (Å²) in [5.74, 6) is -1.48. The van der Waals surface area contributed by atoms with Gasteiger partial charge < -0.3 is 15.7 Å². The quantitative estimate of drug-likeness (QED) is 0.597. The summed E-state index contributed by atoms with van der Waals surface area (Å²) >= 11 is 1.21. The van der Waals surface area contributed by atoms with Gasteiger partial charge in [0.2, 0.25) is 5.91 Å². The van der Waals surface area contributed by atoms with Crippen LogP contribution in [0, 0.1) is 5.82 Å². The monoisotopic (exact) mass is 422 g/mol. The summed E-state index contributed by atoms with van der Waals surface area (Å²) in [4.78, 5) is 26.4. The number of amides is 1. The standard InChI is InChI=1S/C23H19FN2O3S/c24-18-2-1-3-19-21(18)30-20(12-14-4-8-16(9-5-14)23(28)29)22(27)26(19)13-15-6-10-17(25)11-7-15/h1-11,20H,12-13,25H2,(H,28,29). The molecule has 3 aromatic rings. The van der Waals surface area contributed by atoms with Crippen LogP contribution in [-0.4, -0.2) is 22.2 Å². The lowest BCUT2D eigenvalue weighted by Crippen LogP contribution is -2.41. The minimum atomic E-state index is -1.00. The predicted octanol–water partition coefficient (Wildman–Crippen LogP) is 4.36. The number of halogens is 1. The van der Waals surface area contributed by atoms with E-state index in [4.69, 9.17) is 10.8 Å². The highest BCUT2D eigenvalue weighted by Gasteiger charge is 2.35. The van der Waals surface area contributed by atoms with Crippen LogP contribution < -0.4 is 10.6 Å². The number of nitrogens with zero attached hydrogens (tertiary/aromatic N) is 1. The molecule has 0 saturated heterocycles. The number of carbonyl (C=O) groups excluding carboxylic acids is 1. The van der Waals surface area contributed by atoms with Gasteiger partial charge in [-0.3, -0.25) is 4.79 Å². The van der Waals surface area contributed by atoms with E-state index in [1.54, 1.807) is 41.3 Å². The predicted molar refractivity (Wildman–Crippen MR) is 115 cm³/mol. The van der Waals surface area contributed by atoms with Crippen molar-refractivity contribution in [2.45, 2.75) is 23.1 Å². The van der Waals surface area contributed by atoms with Crippen LogP contribution in [0.3, 0.4) is 0 Å². The van der Waals surface area contributed by atoms with E-state index in [2.05, 4.69) is 0 Å². The molecular formula is C23H19FN2O3S. The molecule has 0 radical (unpaired) electrons. The SMILES string of the molecule is Nc1ccc(CN2C(=O)C(Cc3ccc(C(=O)O)cc3)Sc3c(F)cccc32)cc1. The fraction of sp³-hybridized carbons (Fsp3) is 0.130. The van der Waals surface area contributed by atoms with Crippen molar-refractivity contribution in [2.75, 3.05) is 10.6 Å². The van der Waals surface area contributed by atoms with E-state index in [1.165, 1.54) is 30.0 Å². The van der Waals surface area contributed by atoms with Crippen molar-refractivity contribution in [3.05, 3.63) is 89.2 Å². The Morgan fingerprint density at radius 3 is 2.37 bits per heavy atom. The first kappa shape index (κ1) is 20.0. The Kier molecular flexibility index (Phi) is 5.46. The second-order valence-corrected chi connectivity index (χ2v) is 8.28. The van der Waals surface area contributed by atoms with Crippen molar-refractivity contribution in [3.63, 3.8) is 0 Å². The molecule has 1 atom stereocenters. The first-order valence-corrected chi connectivity index (χ1v) is 10.2. The molecule has 0 aliphatic carbocycles. The van der Waals surface area contributed by atoms with E-state index in [-0.39, 0.29) is 17.3 Å². The smallest absolute Gasteiger partial charge is 0.335 e. The van der Waals surface area contributed by atoms with Gasteiger partial charge in [-0.2, -0.15) is 0 Å². The van der Waals surface area contributed by atoms with Crippen molar-refractivity contribution in [1.29, 1.82) is 0 Å². The van der Waals surface area contributed by atoms with Gasteiger partial charge in [0.1, 0.15) is 5.82 Å². The highest BCUT2D eigenvalue weighted by molar-refractivity contribution is 8.01. The molecule has 0 saturated carbocycles. The number of thioether (sulfide) groups is 1. The zero-order chi connectivity index (χ0) is 21.3. The lowest BCUT2D eigenvalue weighted by molar-refractivity contribution is -0.118. The third-order valence-corrected chi connectivity index (χ3v) is 6.27. The Labute approximate surface area is 177 Å². The molecule has 5 nitrogen and oxygen atoms in total. The molecule has 3 N–H and O–H groups in total. The lowest BCUT2D eigenvalue weighted by Gasteiger charge is -2.34. The van der Waals surface area contributed by atoms with Crippen molar-refractivity contribution in [1.82, 2.24) is 0 Å². The topological polar surface area (TPSA) is 83.6 Å². The van der Waals surface area contributed by atoms with Crippen molar-refractivity contribution < 1.29 is 19.1 Å². The van der Waals surface area contributed by atoms with Gasteiger partial charge in [-0.05, 0) is 53.9 Å². The summed E-state index contributed by atoms with van der Waals surface area (Å²) in [7, 11) is 0. The first-order valence-electron chi connectivity index (χ1n) is 9.35. The number of benzene rings is 3. The van der Waals surface area contributed by atoms with Crippen LogP contribution in [0.25, 0.3) is 0 Å². The number of carboxylic acids is 1. The van der Waals surface area contributed by atoms with Gasteiger partial charge in [-0.15, -0.1) is 11.8 Å². The van der Waals surface area contributed by atoms with E-state index in [1.807, 2.05) is 12.1 Å². The molecule has 1 aliphatic rings. The number of fused-ring (bicyclic) bond motifs is 1. The molecule has 152 valence electrons. The number of nitrogen functional groups attached to an aromatic ring is 1. The van der Waals surface area contributed by atoms with Crippen LogP contribution in [0.2, 0.25) is 0 Å². The summed E-state index contributed by atoms with van der Waals surface area (Å²) < 4.78 is 14.6. The van der Waals surface area contributed by atoms with E-state index in [9.17, 15) is 14.0 Å². The number of aromatic carboxylic acids is 1. The van der Waals surface area contributed by atoms with Gasteiger partial charge in [0.15, 0.2) is 0 Å². The summed E-state index contributed by atoms with van der Waals surface area (Å²) in [5.41, 5.74) is 8.83. The van der Waals surface area contributed by atoms with Gasteiger partial charge >= 0.3 is 5.97 Å². The Hall–Kier alpha value is -3.32. The molecule has 1 aliphatic heterocycles. The molecule has 7 heteroatoms. The second kappa shape index (κ2) is 8.20. The van der Waals surface area contributed by atoms with Gasteiger partial charge in [-0.1, -0.05) is 30.3 Å². The van der Waals surface area contributed by atoms with Crippen LogP contribution in [0.5, 0.6) is 0 Å². The lowest BCUT2D eigenvalue weighted by atomic mass is 10.1. The highest BCUT2D eigenvalue weighted by Crippen LogP contribution is 2.42. The molecule has 1 amide bonds. The minimum Gasteiger partial charge on any atom is -0.478 e. The van der Waals surface area contributed by atoms with Crippen LogP contribution in [0.15, 0.2) is 71.6 Å². The summed E-state index contributed by atoms with van der Waals surface area (Å²) in [6.45, 7) is 0.310. The summed E-state index contributed by atoms with van der Waals surface area (Å²) in [6, 6.07) is 18.4. The third kappa shape index (κ3) is 4.02. The Balaban J connectivity index is 1.64. The normalized spacial score (nSPS) is 15.7. The molecule has 0 fully saturated rings. The number of hydrogen-bond donors (Lipinski definition) is 2. The zero-order valence-corrected chi connectivity index (χ0v) is 16.7. The Morgan fingerprint density at radius 2 is 1.70 bits per heavy atom. The molecule has 3 aromatic carbocycles. The van der Waals surface area contributed by atoms with Crippen molar-refractivity contribution in [3.8, 4) is 0 Å². The highest BCUT2D eigenvalue weighted by atomic mass is 32.2. The van der Waals surface area contributed by atoms with Crippen LogP contribution in [-0.2, 0) is 17.8 Å². The maximum absolute atomic E-state index is 14.6. The zero-order valence-electron chi connectivity index (χ0n) is 15.9. The van der Waals surface area contributed by atoms with E-state index in [0.29, 0.717) is 29.2 Å². The van der Waals surface area contributed by atoms with Crippen LogP contribution >= 0.6 is 11.8 Å². The van der Waals surface area contributed by atoms with Gasteiger partial charge in [0, 0.05) is 5.69 Å². The second-order valence-electron chi connectivity index (χ2n) is 7.07. The number of hydrogen-bond acceptors (Lipinski definition) is 4. The molecule has 30 heavy (non-hydrogen) atoms. The Bertz CT molecular complexity index is 1100. The van der Waals surface area contributed by atoms with Crippen molar-refractivity contribution >= 4 is 35.0 Å². The van der Waals surface area contributed by atoms with Gasteiger partial charge in [-0.25, -0.2) is 9.18 Å². The molecule has 0 spiro atoms. The van der Waals surface area contributed by atoms with E-state index < -0.39 is 11.2 Å². The fourth-order valence-electron chi connectivity index (χ4n) is 3.41. The third-order valence-electron chi connectivity index (χ3n) is 4.98. The summed E-state index contributed by atoms with van der Waals surface area (Å²) in [5, 5.41) is 8.54. The number of nitrogens with two attached hydrogens (primary N) is 1. The van der Waals surface area contributed by atoms with Crippen LogP contribution in [0.1, 0.15) is 21.5 Å². The first-order chi connectivity index (χ1) is 14.4. The number of carboxylic acid groups (broad SMARTS) is 1. The number of rotatable bonds is 5. The van der Waals surface area contributed by atoms with E-state index >= 15 is 0 Å². The number of anilines is 2. The molecule has 1 heterocycles. The molecule has 4 rings (SSSR count). The molecule has 0 aromatic heterocycles. The van der Waals surface area contributed by atoms with Crippen LogP contribution in [0.4, 0.5) is 15.8 Å². The molecule has 1 unspecified atom stereocenters. The van der Waals surface area contributed by atoms with Crippen molar-refractivity contribution in [2.24, 2.45) is 0 Å². The molecular weight excluding hydrogens is 403 g/mol. The van der Waals surface area contributed by atoms with Gasteiger partial charge in [0.05, 0.1) is 27.9 Å². The molecule has 0 bridgehead atoms. The average Bonchev–Trinajstić information content (AvgIpc) is 2.73. The fourth-order valence-corrected chi connectivity index (χ4v) is 4.68. The summed E-state index contributed by atoms with van der Waals surface area (Å²) in [6.07, 6.45) is 0.370.